The Morgan fingerprint density at radius 3 is 2.41 bits per heavy atom. The van der Waals surface area contributed by atoms with Crippen molar-refractivity contribution in [1.82, 2.24) is 5.32 Å². The Bertz CT molecular complexity index is 395. The quantitative estimate of drug-likeness (QED) is 0.858. The highest BCUT2D eigenvalue weighted by atomic mass is 19.1. The summed E-state index contributed by atoms with van der Waals surface area (Å²) in [6, 6.07) is 4.92. The number of halogens is 2. The zero-order valence-electron chi connectivity index (χ0n) is 9.71. The molecule has 0 bridgehead atoms. The lowest BCUT2D eigenvalue weighted by atomic mass is 10.3. The van der Waals surface area contributed by atoms with Crippen molar-refractivity contribution in [2.24, 2.45) is 0 Å². The van der Waals surface area contributed by atoms with Gasteiger partial charge in [-0.2, -0.15) is 5.26 Å². The summed E-state index contributed by atoms with van der Waals surface area (Å²) in [5.74, 6) is -1.99. The third-order valence-corrected chi connectivity index (χ3v) is 2.00. The topological polar surface area (TPSA) is 45.0 Å². The molecule has 5 heteroatoms. The van der Waals surface area contributed by atoms with E-state index in [1.54, 1.807) is 0 Å². The van der Waals surface area contributed by atoms with Gasteiger partial charge in [-0.15, -0.1) is 0 Å². The highest BCUT2D eigenvalue weighted by molar-refractivity contribution is 5.26. The van der Waals surface area contributed by atoms with E-state index < -0.39 is 23.4 Å². The van der Waals surface area contributed by atoms with Crippen LogP contribution in [0.4, 0.5) is 8.78 Å². The first kappa shape index (κ1) is 13.4. The number of rotatable bonds is 5. The summed E-state index contributed by atoms with van der Waals surface area (Å²) in [5, 5.41) is 11.7. The van der Waals surface area contributed by atoms with E-state index in [-0.39, 0.29) is 12.6 Å². The minimum Gasteiger partial charge on any atom is -0.485 e. The second-order valence-electron chi connectivity index (χ2n) is 3.86. The van der Waals surface area contributed by atoms with Crippen molar-refractivity contribution in [3.63, 3.8) is 0 Å². The van der Waals surface area contributed by atoms with Gasteiger partial charge < -0.3 is 4.74 Å². The maximum absolute atomic E-state index is 13.2. The lowest BCUT2D eigenvalue weighted by Crippen LogP contribution is -2.38. The molecular formula is C12H14F2N2O. The Labute approximate surface area is 99.0 Å². The molecule has 0 radical (unpaired) electrons. The van der Waals surface area contributed by atoms with Crippen LogP contribution in [0.2, 0.25) is 0 Å². The fourth-order valence-corrected chi connectivity index (χ4v) is 1.31. The van der Waals surface area contributed by atoms with Gasteiger partial charge in [0.05, 0.1) is 6.07 Å². The Balaban J connectivity index is 2.63. The molecule has 17 heavy (non-hydrogen) atoms. The second kappa shape index (κ2) is 6.16. The first-order chi connectivity index (χ1) is 8.04. The molecule has 0 aromatic heterocycles. The van der Waals surface area contributed by atoms with Gasteiger partial charge in [-0.1, -0.05) is 6.07 Å². The summed E-state index contributed by atoms with van der Waals surface area (Å²) in [6.45, 7) is 3.63. The van der Waals surface area contributed by atoms with Crippen molar-refractivity contribution in [1.29, 1.82) is 5.26 Å². The molecule has 0 saturated carbocycles. The molecule has 1 aromatic rings. The number of nitrogens with one attached hydrogen (secondary N) is 1. The number of hydrogen-bond donors (Lipinski definition) is 1. The molecule has 0 saturated heterocycles. The SMILES string of the molecule is CC(C)NC(C#N)COc1c(F)cccc1F. The average Bonchev–Trinajstić information content (AvgIpc) is 2.26. The van der Waals surface area contributed by atoms with Crippen LogP contribution in [0.25, 0.3) is 0 Å². The van der Waals surface area contributed by atoms with E-state index in [4.69, 9.17) is 10.00 Å². The van der Waals surface area contributed by atoms with E-state index in [0.29, 0.717) is 0 Å². The van der Waals surface area contributed by atoms with Gasteiger partial charge >= 0.3 is 0 Å². The van der Waals surface area contributed by atoms with E-state index in [1.807, 2.05) is 19.9 Å². The van der Waals surface area contributed by atoms with Crippen LogP contribution in [-0.2, 0) is 0 Å². The smallest absolute Gasteiger partial charge is 0.190 e. The minimum absolute atomic E-state index is 0.0914. The van der Waals surface area contributed by atoms with Gasteiger partial charge in [-0.05, 0) is 26.0 Å². The number of nitrogens with zero attached hydrogens (tertiary/aromatic N) is 1. The maximum atomic E-state index is 13.2. The molecule has 0 aliphatic rings. The predicted molar refractivity (Wildman–Crippen MR) is 59.5 cm³/mol. The van der Waals surface area contributed by atoms with E-state index in [1.165, 1.54) is 6.07 Å². The molecule has 0 heterocycles. The predicted octanol–water partition coefficient (Wildman–Crippen LogP) is 2.23. The molecule has 0 aliphatic carbocycles. The van der Waals surface area contributed by atoms with Gasteiger partial charge in [0.15, 0.2) is 17.4 Å². The van der Waals surface area contributed by atoms with Crippen LogP contribution in [0.15, 0.2) is 18.2 Å². The molecular weight excluding hydrogens is 226 g/mol. The first-order valence-electron chi connectivity index (χ1n) is 5.27. The molecule has 1 atom stereocenters. The summed E-state index contributed by atoms with van der Waals surface area (Å²) >= 11 is 0. The van der Waals surface area contributed by atoms with Crippen molar-refractivity contribution in [3.05, 3.63) is 29.8 Å². The van der Waals surface area contributed by atoms with Gasteiger partial charge in [0, 0.05) is 6.04 Å². The Kier molecular flexibility index (Phi) is 4.85. The number of hydrogen-bond acceptors (Lipinski definition) is 3. The Hall–Kier alpha value is -1.67. The standard InChI is InChI=1S/C12H14F2N2O/c1-8(2)16-9(6-15)7-17-12-10(13)4-3-5-11(12)14/h3-5,8-9,16H,7H2,1-2H3. The first-order valence-corrected chi connectivity index (χ1v) is 5.27. The molecule has 0 fully saturated rings. The molecule has 1 N–H and O–H groups in total. The van der Waals surface area contributed by atoms with Crippen LogP contribution in [-0.4, -0.2) is 18.7 Å². The summed E-state index contributed by atoms with van der Waals surface area (Å²) in [5.41, 5.74) is 0. The van der Waals surface area contributed by atoms with Crippen LogP contribution in [0, 0.1) is 23.0 Å². The van der Waals surface area contributed by atoms with Crippen molar-refractivity contribution in [3.8, 4) is 11.8 Å². The van der Waals surface area contributed by atoms with Crippen molar-refractivity contribution >= 4 is 0 Å². The minimum atomic E-state index is -0.772. The molecule has 0 aliphatic heterocycles. The molecule has 0 amide bonds. The normalized spacial score (nSPS) is 12.2. The lowest BCUT2D eigenvalue weighted by Gasteiger charge is -2.15. The van der Waals surface area contributed by atoms with Crippen LogP contribution in [0.5, 0.6) is 5.75 Å². The average molecular weight is 240 g/mol. The molecule has 1 rings (SSSR count). The van der Waals surface area contributed by atoms with Crippen LogP contribution >= 0.6 is 0 Å². The van der Waals surface area contributed by atoms with Crippen molar-refractivity contribution < 1.29 is 13.5 Å². The van der Waals surface area contributed by atoms with Gasteiger partial charge in [0.2, 0.25) is 0 Å². The van der Waals surface area contributed by atoms with E-state index in [2.05, 4.69) is 5.32 Å². The van der Waals surface area contributed by atoms with E-state index in [9.17, 15) is 8.78 Å². The van der Waals surface area contributed by atoms with Crippen molar-refractivity contribution in [2.45, 2.75) is 25.9 Å². The highest BCUT2D eigenvalue weighted by Crippen LogP contribution is 2.20. The van der Waals surface area contributed by atoms with Gasteiger partial charge in [-0.25, -0.2) is 8.78 Å². The summed E-state index contributed by atoms with van der Waals surface area (Å²) < 4.78 is 31.4. The maximum Gasteiger partial charge on any atom is 0.190 e. The third kappa shape index (κ3) is 4.00. The zero-order chi connectivity index (χ0) is 12.8. The largest absolute Gasteiger partial charge is 0.485 e. The van der Waals surface area contributed by atoms with Gasteiger partial charge in [0.1, 0.15) is 12.6 Å². The summed E-state index contributed by atoms with van der Waals surface area (Å²) in [7, 11) is 0. The summed E-state index contributed by atoms with van der Waals surface area (Å²) in [6.07, 6.45) is 0. The second-order valence-corrected chi connectivity index (χ2v) is 3.86. The number of nitriles is 1. The van der Waals surface area contributed by atoms with Gasteiger partial charge in [-0.3, -0.25) is 5.32 Å². The highest BCUT2D eigenvalue weighted by Gasteiger charge is 2.14. The van der Waals surface area contributed by atoms with E-state index >= 15 is 0 Å². The molecule has 92 valence electrons. The fourth-order valence-electron chi connectivity index (χ4n) is 1.31. The van der Waals surface area contributed by atoms with Crippen LogP contribution in [0.1, 0.15) is 13.8 Å². The van der Waals surface area contributed by atoms with Gasteiger partial charge in [0.25, 0.3) is 0 Å². The number of benzene rings is 1. The van der Waals surface area contributed by atoms with E-state index in [0.717, 1.165) is 12.1 Å². The fraction of sp³-hybridized carbons (Fsp3) is 0.417. The van der Waals surface area contributed by atoms with Crippen LogP contribution < -0.4 is 10.1 Å². The van der Waals surface area contributed by atoms with Crippen molar-refractivity contribution in [2.75, 3.05) is 6.61 Å². The molecule has 1 unspecified atom stereocenters. The molecule has 3 nitrogen and oxygen atoms in total. The zero-order valence-corrected chi connectivity index (χ0v) is 9.71. The number of ether oxygens (including phenoxy) is 1. The third-order valence-electron chi connectivity index (χ3n) is 2.00. The summed E-state index contributed by atoms with van der Waals surface area (Å²) in [4.78, 5) is 0. The number of para-hydroxylation sites is 1. The molecule has 0 spiro atoms. The van der Waals surface area contributed by atoms with Crippen LogP contribution in [0.3, 0.4) is 0 Å². The Morgan fingerprint density at radius 1 is 1.35 bits per heavy atom. The molecule has 1 aromatic carbocycles. The monoisotopic (exact) mass is 240 g/mol. The Morgan fingerprint density at radius 2 is 1.94 bits per heavy atom. The lowest BCUT2D eigenvalue weighted by molar-refractivity contribution is 0.258.